The largest absolute Gasteiger partial charge is 0.378 e. The van der Waals surface area contributed by atoms with Gasteiger partial charge in [0.05, 0.1) is 18.1 Å². The average molecular weight is 288 g/mol. The summed E-state index contributed by atoms with van der Waals surface area (Å²) in [6.07, 6.45) is 0. The first kappa shape index (κ1) is 15.4. The minimum absolute atomic E-state index is 0. The predicted octanol–water partition coefficient (Wildman–Crippen LogP) is 0.943. The van der Waals surface area contributed by atoms with Crippen molar-refractivity contribution in [3.63, 3.8) is 0 Å². The van der Waals surface area contributed by atoms with Crippen LogP contribution in [0.5, 0.6) is 0 Å². The van der Waals surface area contributed by atoms with Gasteiger partial charge in [-0.2, -0.15) is 0 Å². The monoisotopic (exact) mass is 287 g/mol. The van der Waals surface area contributed by atoms with E-state index in [9.17, 15) is 14.9 Å². The van der Waals surface area contributed by atoms with Crippen LogP contribution in [0.1, 0.15) is 0 Å². The Kier molecular flexibility index (Phi) is 5.68. The van der Waals surface area contributed by atoms with E-state index in [2.05, 4.69) is 10.6 Å². The molecule has 1 aliphatic rings. The number of amides is 1. The molecule has 1 aliphatic heterocycles. The van der Waals surface area contributed by atoms with Gasteiger partial charge in [-0.25, -0.2) is 0 Å². The van der Waals surface area contributed by atoms with Gasteiger partial charge in [0.2, 0.25) is 5.91 Å². The van der Waals surface area contributed by atoms with Crippen LogP contribution in [0.25, 0.3) is 0 Å². The molecule has 8 heteroatoms. The molecule has 1 fully saturated rings. The second-order valence-corrected chi connectivity index (χ2v) is 3.88. The van der Waals surface area contributed by atoms with Gasteiger partial charge in [0, 0.05) is 24.4 Å². The lowest BCUT2D eigenvalue weighted by Crippen LogP contribution is -2.48. The third kappa shape index (κ3) is 4.16. The zero-order valence-corrected chi connectivity index (χ0v) is 10.8. The van der Waals surface area contributed by atoms with Crippen molar-refractivity contribution in [1.29, 1.82) is 0 Å². The van der Waals surface area contributed by atoms with Gasteiger partial charge in [-0.05, 0) is 6.07 Å². The Labute approximate surface area is 115 Å². The van der Waals surface area contributed by atoms with Gasteiger partial charge in [-0.15, -0.1) is 12.4 Å². The molecule has 2 N–H and O–H groups in total. The fourth-order valence-corrected chi connectivity index (χ4v) is 1.66. The summed E-state index contributed by atoms with van der Waals surface area (Å²) in [7, 11) is 0. The highest BCUT2D eigenvalue weighted by Gasteiger charge is 2.21. The van der Waals surface area contributed by atoms with Crippen LogP contribution in [-0.2, 0) is 9.53 Å². The first-order valence-electron chi connectivity index (χ1n) is 5.53. The molecule has 1 unspecified atom stereocenters. The van der Waals surface area contributed by atoms with Crippen molar-refractivity contribution in [2.75, 3.05) is 25.1 Å². The maximum atomic E-state index is 11.8. The van der Waals surface area contributed by atoms with Crippen LogP contribution in [0, 0.1) is 10.1 Å². The summed E-state index contributed by atoms with van der Waals surface area (Å²) in [5.41, 5.74) is 0.349. The molecule has 0 spiro atoms. The quantitative estimate of drug-likeness (QED) is 0.637. The summed E-state index contributed by atoms with van der Waals surface area (Å²) in [5.74, 6) is -0.254. The maximum absolute atomic E-state index is 11.8. The van der Waals surface area contributed by atoms with E-state index < -0.39 is 11.0 Å². The van der Waals surface area contributed by atoms with Gasteiger partial charge in [-0.1, -0.05) is 6.07 Å². The third-order valence-corrected chi connectivity index (χ3v) is 2.56. The molecule has 19 heavy (non-hydrogen) atoms. The summed E-state index contributed by atoms with van der Waals surface area (Å²) in [6, 6.07) is 5.41. The zero-order valence-electron chi connectivity index (χ0n) is 10.00. The van der Waals surface area contributed by atoms with Crippen molar-refractivity contribution in [3.05, 3.63) is 34.4 Å². The first-order chi connectivity index (χ1) is 8.66. The van der Waals surface area contributed by atoms with E-state index in [-0.39, 0.29) is 24.0 Å². The lowest BCUT2D eigenvalue weighted by molar-refractivity contribution is -0.384. The molecular formula is C11H14ClN3O4. The molecule has 0 aliphatic carbocycles. The van der Waals surface area contributed by atoms with Crippen LogP contribution in [0.3, 0.4) is 0 Å². The predicted molar refractivity (Wildman–Crippen MR) is 71.6 cm³/mol. The molecule has 1 aromatic rings. The number of hydrogen-bond donors (Lipinski definition) is 2. The van der Waals surface area contributed by atoms with Gasteiger partial charge in [0.1, 0.15) is 6.04 Å². The first-order valence-corrected chi connectivity index (χ1v) is 5.53. The van der Waals surface area contributed by atoms with E-state index in [0.29, 0.717) is 25.4 Å². The third-order valence-electron chi connectivity index (χ3n) is 2.56. The van der Waals surface area contributed by atoms with Gasteiger partial charge in [-0.3, -0.25) is 14.9 Å². The molecule has 7 nitrogen and oxygen atoms in total. The van der Waals surface area contributed by atoms with Crippen LogP contribution < -0.4 is 10.6 Å². The van der Waals surface area contributed by atoms with E-state index in [4.69, 9.17) is 4.74 Å². The van der Waals surface area contributed by atoms with E-state index in [1.165, 1.54) is 18.2 Å². The van der Waals surface area contributed by atoms with Gasteiger partial charge in [0.25, 0.3) is 5.69 Å². The molecule has 104 valence electrons. The lowest BCUT2D eigenvalue weighted by atomic mass is 10.2. The lowest BCUT2D eigenvalue weighted by Gasteiger charge is -2.22. The van der Waals surface area contributed by atoms with E-state index in [0.717, 1.165) is 0 Å². The number of hydrogen-bond acceptors (Lipinski definition) is 5. The smallest absolute Gasteiger partial charge is 0.271 e. The summed E-state index contributed by atoms with van der Waals surface area (Å²) in [4.78, 5) is 21.9. The Hall–Kier alpha value is -1.70. The van der Waals surface area contributed by atoms with Crippen molar-refractivity contribution >= 4 is 29.7 Å². The van der Waals surface area contributed by atoms with Crippen molar-refractivity contribution in [2.24, 2.45) is 0 Å². The number of non-ortho nitro benzene ring substituents is 1. The van der Waals surface area contributed by atoms with Crippen molar-refractivity contribution in [2.45, 2.75) is 6.04 Å². The number of nitro benzene ring substituents is 1. The molecule has 1 heterocycles. The number of nitrogens with one attached hydrogen (secondary N) is 2. The van der Waals surface area contributed by atoms with Crippen LogP contribution in [-0.4, -0.2) is 36.6 Å². The summed E-state index contributed by atoms with van der Waals surface area (Å²) in [5, 5.41) is 16.2. The Morgan fingerprint density at radius 2 is 2.32 bits per heavy atom. The Bertz CT molecular complexity index is 463. The molecule has 0 radical (unpaired) electrons. The Morgan fingerprint density at radius 1 is 1.53 bits per heavy atom. The van der Waals surface area contributed by atoms with Gasteiger partial charge >= 0.3 is 0 Å². The number of carbonyl (C=O) groups excluding carboxylic acids is 1. The average Bonchev–Trinajstić information content (AvgIpc) is 2.40. The van der Waals surface area contributed by atoms with Crippen LogP contribution in [0.15, 0.2) is 24.3 Å². The van der Waals surface area contributed by atoms with Crippen molar-refractivity contribution in [1.82, 2.24) is 5.32 Å². The van der Waals surface area contributed by atoms with Crippen molar-refractivity contribution < 1.29 is 14.5 Å². The highest BCUT2D eigenvalue weighted by atomic mass is 35.5. The fourth-order valence-electron chi connectivity index (χ4n) is 1.66. The number of anilines is 1. The summed E-state index contributed by atoms with van der Waals surface area (Å²) < 4.78 is 5.17. The summed E-state index contributed by atoms with van der Waals surface area (Å²) in [6.45, 7) is 1.51. The molecule has 1 amide bonds. The maximum Gasteiger partial charge on any atom is 0.271 e. The molecule has 1 atom stereocenters. The molecule has 1 saturated heterocycles. The molecular weight excluding hydrogens is 274 g/mol. The van der Waals surface area contributed by atoms with Gasteiger partial charge < -0.3 is 15.4 Å². The molecule has 2 rings (SSSR count). The van der Waals surface area contributed by atoms with Crippen LogP contribution >= 0.6 is 12.4 Å². The highest BCUT2D eigenvalue weighted by Crippen LogP contribution is 2.17. The minimum atomic E-state index is -0.502. The standard InChI is InChI=1S/C11H13N3O4.ClH/c15-11(10-7-18-5-4-12-10)13-8-2-1-3-9(6-8)14(16)17;/h1-3,6,10,12H,4-5,7H2,(H,13,15);1H. The number of carbonyl (C=O) groups is 1. The number of morpholine rings is 1. The number of halogens is 1. The number of benzene rings is 1. The van der Waals surface area contributed by atoms with E-state index in [1.54, 1.807) is 6.07 Å². The second kappa shape index (κ2) is 7.03. The number of nitro groups is 1. The molecule has 0 aromatic heterocycles. The molecule has 0 bridgehead atoms. The Balaban J connectivity index is 0.00000180. The van der Waals surface area contributed by atoms with Gasteiger partial charge in [0.15, 0.2) is 0 Å². The highest BCUT2D eigenvalue weighted by molar-refractivity contribution is 5.95. The minimum Gasteiger partial charge on any atom is -0.378 e. The number of rotatable bonds is 3. The number of nitrogens with zero attached hydrogens (tertiary/aromatic N) is 1. The second-order valence-electron chi connectivity index (χ2n) is 3.88. The van der Waals surface area contributed by atoms with Crippen molar-refractivity contribution in [3.8, 4) is 0 Å². The van der Waals surface area contributed by atoms with Crippen LogP contribution in [0.2, 0.25) is 0 Å². The normalized spacial score (nSPS) is 18.2. The molecule has 1 aromatic carbocycles. The van der Waals surface area contributed by atoms with E-state index >= 15 is 0 Å². The number of ether oxygens (including phenoxy) is 1. The van der Waals surface area contributed by atoms with Crippen LogP contribution in [0.4, 0.5) is 11.4 Å². The summed E-state index contributed by atoms with van der Waals surface area (Å²) >= 11 is 0. The molecule has 0 saturated carbocycles. The van der Waals surface area contributed by atoms with E-state index in [1.807, 2.05) is 0 Å². The SMILES string of the molecule is Cl.O=C(Nc1cccc([N+](=O)[O-])c1)C1COCCN1. The Morgan fingerprint density at radius 3 is 2.95 bits per heavy atom. The fraction of sp³-hybridized carbons (Fsp3) is 0.364. The topological polar surface area (TPSA) is 93.5 Å². The zero-order chi connectivity index (χ0) is 13.0.